The van der Waals surface area contributed by atoms with Crippen LogP contribution < -0.4 is 14.8 Å². The van der Waals surface area contributed by atoms with E-state index in [9.17, 15) is 13.2 Å². The van der Waals surface area contributed by atoms with Crippen LogP contribution in [-0.2, 0) is 14.8 Å². The monoisotopic (exact) mass is 446 g/mol. The first-order valence-corrected chi connectivity index (χ1v) is 11.9. The molecular formula is C23H30N2O5S. The fourth-order valence-electron chi connectivity index (χ4n) is 3.57. The van der Waals surface area contributed by atoms with Crippen molar-refractivity contribution in [1.82, 2.24) is 9.62 Å². The summed E-state index contributed by atoms with van der Waals surface area (Å²) in [4.78, 5) is 12.9. The summed E-state index contributed by atoms with van der Waals surface area (Å²) < 4.78 is 38.1. The van der Waals surface area contributed by atoms with Crippen LogP contribution in [0.1, 0.15) is 25.3 Å². The Morgan fingerprint density at radius 2 is 1.71 bits per heavy atom. The van der Waals surface area contributed by atoms with Gasteiger partial charge in [-0.3, -0.25) is 4.79 Å². The second-order valence-corrected chi connectivity index (χ2v) is 9.80. The molecule has 31 heavy (non-hydrogen) atoms. The molecule has 0 saturated carbocycles. The number of piperidine rings is 1. The number of nitrogens with one attached hydrogen (secondary N) is 1. The lowest BCUT2D eigenvalue weighted by Gasteiger charge is -2.31. The average Bonchev–Trinajstić information content (AvgIpc) is 2.78. The molecule has 1 atom stereocenters. The Labute approximate surface area is 184 Å². The number of ether oxygens (including phenoxy) is 2. The topological polar surface area (TPSA) is 84.9 Å². The van der Waals surface area contributed by atoms with Crippen LogP contribution in [-0.4, -0.2) is 51.5 Å². The van der Waals surface area contributed by atoms with Crippen LogP contribution >= 0.6 is 0 Å². The molecule has 1 N–H and O–H groups in total. The normalized spacial score (nSPS) is 16.5. The Hall–Kier alpha value is -2.58. The molecule has 7 nitrogen and oxygen atoms in total. The molecule has 8 heteroatoms. The molecule has 0 radical (unpaired) electrons. The van der Waals surface area contributed by atoms with E-state index in [1.807, 2.05) is 38.1 Å². The molecule has 168 valence electrons. The first-order chi connectivity index (χ1) is 14.8. The standard InChI is InChI=1S/C23H30N2O5S/c1-17-8-10-20(11-9-17)31(27,28)25-14-12-19(13-15-25)23(26)24-18(2)16-30-22-7-5-4-6-21(22)29-3/h4-11,18-19H,12-16H2,1-3H3,(H,24,26). The number of carbonyl (C=O) groups excluding carboxylic acids is 1. The summed E-state index contributed by atoms with van der Waals surface area (Å²) in [5, 5.41) is 2.98. The highest BCUT2D eigenvalue weighted by Crippen LogP contribution is 2.26. The Morgan fingerprint density at radius 3 is 2.32 bits per heavy atom. The number of carbonyl (C=O) groups is 1. The highest BCUT2D eigenvalue weighted by Gasteiger charge is 2.32. The van der Waals surface area contributed by atoms with Crippen molar-refractivity contribution in [2.24, 2.45) is 5.92 Å². The van der Waals surface area contributed by atoms with Crippen molar-refractivity contribution in [1.29, 1.82) is 0 Å². The number of nitrogens with zero attached hydrogens (tertiary/aromatic N) is 1. The summed E-state index contributed by atoms with van der Waals surface area (Å²) in [5.74, 6) is 0.991. The third-order valence-electron chi connectivity index (χ3n) is 5.43. The van der Waals surface area contributed by atoms with Gasteiger partial charge in [-0.25, -0.2) is 8.42 Å². The van der Waals surface area contributed by atoms with Crippen molar-refractivity contribution in [2.75, 3.05) is 26.8 Å². The maximum atomic E-state index is 12.8. The van der Waals surface area contributed by atoms with E-state index in [1.165, 1.54) is 4.31 Å². The molecule has 3 rings (SSSR count). The number of sulfonamides is 1. The minimum atomic E-state index is -3.53. The fraction of sp³-hybridized carbons (Fsp3) is 0.435. The quantitative estimate of drug-likeness (QED) is 0.674. The first kappa shape index (κ1) is 23.1. The van der Waals surface area contributed by atoms with Gasteiger partial charge in [-0.15, -0.1) is 0 Å². The third kappa shape index (κ3) is 5.77. The zero-order valence-corrected chi connectivity index (χ0v) is 19.0. The molecule has 1 amide bonds. The molecule has 0 bridgehead atoms. The molecule has 2 aromatic rings. The van der Waals surface area contributed by atoms with Crippen LogP contribution in [0.3, 0.4) is 0 Å². The smallest absolute Gasteiger partial charge is 0.243 e. The van der Waals surface area contributed by atoms with E-state index >= 15 is 0 Å². The SMILES string of the molecule is COc1ccccc1OCC(C)NC(=O)C1CCN(S(=O)(=O)c2ccc(C)cc2)CC1. The van der Waals surface area contributed by atoms with Gasteiger partial charge in [0.05, 0.1) is 18.0 Å². The van der Waals surface area contributed by atoms with Crippen molar-refractivity contribution in [3.63, 3.8) is 0 Å². The lowest BCUT2D eigenvalue weighted by molar-refractivity contribution is -0.126. The molecule has 1 heterocycles. The maximum absolute atomic E-state index is 12.8. The second kappa shape index (κ2) is 10.2. The van der Waals surface area contributed by atoms with Crippen LogP contribution in [0.2, 0.25) is 0 Å². The molecule has 0 spiro atoms. The van der Waals surface area contributed by atoms with Gasteiger partial charge in [0.1, 0.15) is 6.61 Å². The minimum absolute atomic E-state index is 0.0662. The van der Waals surface area contributed by atoms with Gasteiger partial charge in [0.2, 0.25) is 15.9 Å². The molecular weight excluding hydrogens is 416 g/mol. The van der Waals surface area contributed by atoms with Crippen LogP contribution in [0.4, 0.5) is 0 Å². The summed E-state index contributed by atoms with van der Waals surface area (Å²) in [7, 11) is -1.94. The first-order valence-electron chi connectivity index (χ1n) is 10.4. The number of rotatable bonds is 8. The van der Waals surface area contributed by atoms with Crippen LogP contribution in [0, 0.1) is 12.8 Å². The van der Waals surface area contributed by atoms with Gasteiger partial charge in [-0.05, 0) is 51.0 Å². The lowest BCUT2D eigenvalue weighted by Crippen LogP contribution is -2.45. The average molecular weight is 447 g/mol. The largest absolute Gasteiger partial charge is 0.493 e. The van der Waals surface area contributed by atoms with Gasteiger partial charge >= 0.3 is 0 Å². The predicted molar refractivity (Wildman–Crippen MR) is 119 cm³/mol. The molecule has 1 unspecified atom stereocenters. The van der Waals surface area contributed by atoms with Gasteiger partial charge in [-0.2, -0.15) is 4.31 Å². The summed E-state index contributed by atoms with van der Waals surface area (Å²) >= 11 is 0. The van der Waals surface area contributed by atoms with Gasteiger partial charge < -0.3 is 14.8 Å². The van der Waals surface area contributed by atoms with Crippen LogP contribution in [0.25, 0.3) is 0 Å². The molecule has 0 aliphatic carbocycles. The number of amides is 1. The Kier molecular flexibility index (Phi) is 7.56. The van der Waals surface area contributed by atoms with Crippen LogP contribution in [0.15, 0.2) is 53.4 Å². The number of para-hydroxylation sites is 2. The van der Waals surface area contributed by atoms with Gasteiger partial charge in [0.15, 0.2) is 11.5 Å². The molecule has 2 aromatic carbocycles. The molecule has 1 aliphatic heterocycles. The Bertz CT molecular complexity index is 983. The van der Waals surface area contributed by atoms with Crippen molar-refractivity contribution in [3.05, 3.63) is 54.1 Å². The molecule has 1 fully saturated rings. The minimum Gasteiger partial charge on any atom is -0.493 e. The number of aryl methyl sites for hydroxylation is 1. The highest BCUT2D eigenvalue weighted by molar-refractivity contribution is 7.89. The molecule has 0 aromatic heterocycles. The summed E-state index contributed by atoms with van der Waals surface area (Å²) in [6.07, 6.45) is 0.994. The number of hydrogen-bond donors (Lipinski definition) is 1. The van der Waals surface area contributed by atoms with Gasteiger partial charge in [0.25, 0.3) is 0 Å². The van der Waals surface area contributed by atoms with Crippen LogP contribution in [0.5, 0.6) is 11.5 Å². The van der Waals surface area contributed by atoms with E-state index in [1.54, 1.807) is 31.4 Å². The van der Waals surface area contributed by atoms with Crippen molar-refractivity contribution < 1.29 is 22.7 Å². The Balaban J connectivity index is 1.49. The van der Waals surface area contributed by atoms with E-state index in [-0.39, 0.29) is 17.9 Å². The van der Waals surface area contributed by atoms with Gasteiger partial charge in [0, 0.05) is 19.0 Å². The summed E-state index contributed by atoms with van der Waals surface area (Å²) in [6, 6.07) is 14.0. The molecule has 1 saturated heterocycles. The van der Waals surface area contributed by atoms with Gasteiger partial charge in [-0.1, -0.05) is 29.8 Å². The van der Waals surface area contributed by atoms with Crippen molar-refractivity contribution >= 4 is 15.9 Å². The zero-order valence-electron chi connectivity index (χ0n) is 18.2. The van der Waals surface area contributed by atoms with E-state index in [0.29, 0.717) is 48.9 Å². The number of methoxy groups -OCH3 is 1. The van der Waals surface area contributed by atoms with E-state index < -0.39 is 10.0 Å². The van der Waals surface area contributed by atoms with E-state index in [4.69, 9.17) is 9.47 Å². The van der Waals surface area contributed by atoms with Crippen molar-refractivity contribution in [2.45, 2.75) is 37.6 Å². The predicted octanol–water partition coefficient (Wildman–Crippen LogP) is 2.99. The number of hydrogen-bond acceptors (Lipinski definition) is 5. The van der Waals surface area contributed by atoms with E-state index in [0.717, 1.165) is 5.56 Å². The van der Waals surface area contributed by atoms with Crippen molar-refractivity contribution in [3.8, 4) is 11.5 Å². The highest BCUT2D eigenvalue weighted by atomic mass is 32.2. The summed E-state index contributed by atoms with van der Waals surface area (Å²) in [5.41, 5.74) is 1.01. The molecule has 1 aliphatic rings. The zero-order chi connectivity index (χ0) is 22.4. The second-order valence-electron chi connectivity index (χ2n) is 7.86. The third-order valence-corrected chi connectivity index (χ3v) is 7.34. The fourth-order valence-corrected chi connectivity index (χ4v) is 5.04. The van der Waals surface area contributed by atoms with E-state index in [2.05, 4.69) is 5.32 Å². The lowest BCUT2D eigenvalue weighted by atomic mass is 9.97. The maximum Gasteiger partial charge on any atom is 0.243 e. The Morgan fingerprint density at radius 1 is 1.10 bits per heavy atom. The summed E-state index contributed by atoms with van der Waals surface area (Å²) in [6.45, 7) is 4.78. The number of benzene rings is 2.